The van der Waals surface area contributed by atoms with Gasteiger partial charge < -0.3 is 10.0 Å². The molecule has 1 fully saturated rings. The Kier molecular flexibility index (Phi) is 4.04. The summed E-state index contributed by atoms with van der Waals surface area (Å²) >= 11 is 0. The molecule has 1 saturated carbocycles. The van der Waals surface area contributed by atoms with E-state index in [4.69, 9.17) is 0 Å². The van der Waals surface area contributed by atoms with Crippen LogP contribution in [0.25, 0.3) is 0 Å². The fraction of sp³-hybridized carbons (Fsp3) is 0.583. The molecule has 5 heteroatoms. The van der Waals surface area contributed by atoms with Crippen LogP contribution < -0.4 is 0 Å². The van der Waals surface area contributed by atoms with Crippen LogP contribution >= 0.6 is 0 Å². The van der Waals surface area contributed by atoms with Crippen molar-refractivity contribution in [3.8, 4) is 0 Å². The minimum absolute atomic E-state index is 0.00213. The monoisotopic (exact) mass is 239 g/mol. The van der Waals surface area contributed by atoms with Gasteiger partial charge in [-0.25, -0.2) is 0 Å². The summed E-state index contributed by atoms with van der Waals surface area (Å²) in [6, 6.07) is 0. The fourth-order valence-electron chi connectivity index (χ4n) is 1.92. The molecular weight excluding hydrogens is 222 g/mol. The fourth-order valence-corrected chi connectivity index (χ4v) is 1.92. The van der Waals surface area contributed by atoms with Gasteiger partial charge in [0.15, 0.2) is 11.6 Å². The van der Waals surface area contributed by atoms with Crippen molar-refractivity contribution in [2.75, 3.05) is 14.1 Å². The van der Waals surface area contributed by atoms with Gasteiger partial charge in [-0.2, -0.15) is 0 Å². The lowest BCUT2D eigenvalue weighted by Crippen LogP contribution is -2.37. The maximum absolute atomic E-state index is 11.7. The molecule has 1 rings (SSSR count). The van der Waals surface area contributed by atoms with Crippen LogP contribution in [0.5, 0.6) is 0 Å². The molecular formula is C12H17NO4. The topological polar surface area (TPSA) is 74.7 Å². The van der Waals surface area contributed by atoms with Crippen molar-refractivity contribution >= 4 is 17.5 Å². The molecule has 0 aromatic heterocycles. The van der Waals surface area contributed by atoms with Gasteiger partial charge in [0.05, 0.1) is 11.5 Å². The van der Waals surface area contributed by atoms with E-state index < -0.39 is 17.5 Å². The number of aliphatic hydroxyl groups is 1. The number of nitrogens with zero attached hydrogens (tertiary/aromatic N) is 1. The number of carbonyl (C=O) groups is 3. The minimum atomic E-state index is -0.585. The molecule has 0 aliphatic heterocycles. The van der Waals surface area contributed by atoms with Gasteiger partial charge in [0.25, 0.3) is 0 Å². The Balaban J connectivity index is 2.93. The van der Waals surface area contributed by atoms with Crippen molar-refractivity contribution in [2.45, 2.75) is 26.2 Å². The van der Waals surface area contributed by atoms with E-state index in [0.717, 1.165) is 0 Å². The molecule has 0 aromatic carbocycles. The highest BCUT2D eigenvalue weighted by Crippen LogP contribution is 2.26. The van der Waals surface area contributed by atoms with E-state index in [1.165, 1.54) is 4.90 Å². The maximum atomic E-state index is 11.7. The van der Waals surface area contributed by atoms with E-state index >= 15 is 0 Å². The number of Topliss-reactive ketones (excluding diaryl/α,β-unsaturated/α-hetero) is 2. The molecule has 0 bridgehead atoms. The lowest BCUT2D eigenvalue weighted by Gasteiger charge is -2.24. The molecule has 1 aliphatic rings. The van der Waals surface area contributed by atoms with Crippen molar-refractivity contribution in [1.29, 1.82) is 0 Å². The predicted octanol–water partition coefficient (Wildman–Crippen LogP) is 0.845. The Morgan fingerprint density at radius 3 is 2.12 bits per heavy atom. The number of hydrogen-bond donors (Lipinski definition) is 1. The van der Waals surface area contributed by atoms with Gasteiger partial charge >= 0.3 is 0 Å². The molecule has 0 heterocycles. The van der Waals surface area contributed by atoms with Crippen LogP contribution in [0.15, 0.2) is 11.3 Å². The van der Waals surface area contributed by atoms with Crippen LogP contribution in [-0.2, 0) is 14.4 Å². The maximum Gasteiger partial charge on any atom is 0.226 e. The van der Waals surface area contributed by atoms with Crippen LogP contribution in [0.2, 0.25) is 0 Å². The van der Waals surface area contributed by atoms with Crippen molar-refractivity contribution < 1.29 is 19.5 Å². The highest BCUT2D eigenvalue weighted by molar-refractivity contribution is 6.23. The first-order chi connectivity index (χ1) is 7.88. The van der Waals surface area contributed by atoms with Crippen LogP contribution in [-0.4, -0.2) is 41.6 Å². The molecule has 0 atom stereocenters. The Labute approximate surface area is 100 Å². The van der Waals surface area contributed by atoms with E-state index in [1.54, 1.807) is 21.0 Å². The zero-order chi connectivity index (χ0) is 13.2. The van der Waals surface area contributed by atoms with Crippen LogP contribution in [0.1, 0.15) is 26.2 Å². The smallest absolute Gasteiger partial charge is 0.226 e. The van der Waals surface area contributed by atoms with Crippen molar-refractivity contribution in [2.24, 2.45) is 5.92 Å². The lowest BCUT2D eigenvalue weighted by molar-refractivity contribution is -0.139. The van der Waals surface area contributed by atoms with Gasteiger partial charge in [-0.3, -0.25) is 14.4 Å². The Morgan fingerprint density at radius 1 is 1.29 bits per heavy atom. The average molecular weight is 239 g/mol. The third-order valence-corrected chi connectivity index (χ3v) is 2.83. The number of aliphatic hydroxyl groups excluding tert-OH is 1. The number of allylic oxidation sites excluding steroid dienone is 2. The molecule has 1 N–H and O–H groups in total. The third-order valence-electron chi connectivity index (χ3n) is 2.83. The number of amides is 1. The van der Waals surface area contributed by atoms with Crippen molar-refractivity contribution in [1.82, 2.24) is 4.90 Å². The second-order valence-corrected chi connectivity index (χ2v) is 4.36. The number of hydrogen-bond acceptors (Lipinski definition) is 4. The largest absolute Gasteiger partial charge is 0.511 e. The van der Waals surface area contributed by atoms with E-state index in [-0.39, 0.29) is 36.5 Å². The van der Waals surface area contributed by atoms with Crippen LogP contribution in [0.3, 0.4) is 0 Å². The van der Waals surface area contributed by atoms with Gasteiger partial charge in [0.1, 0.15) is 5.76 Å². The van der Waals surface area contributed by atoms with Crippen LogP contribution in [0.4, 0.5) is 0 Å². The van der Waals surface area contributed by atoms with E-state index in [0.29, 0.717) is 0 Å². The van der Waals surface area contributed by atoms with E-state index in [1.807, 2.05) is 0 Å². The summed E-state index contributed by atoms with van der Waals surface area (Å²) in [6.07, 6.45) is 0.253. The Bertz CT molecular complexity index is 375. The minimum Gasteiger partial charge on any atom is -0.511 e. The lowest BCUT2D eigenvalue weighted by atomic mass is 9.82. The first kappa shape index (κ1) is 13.4. The molecule has 0 spiro atoms. The summed E-state index contributed by atoms with van der Waals surface area (Å²) in [5.41, 5.74) is -0.115. The zero-order valence-corrected chi connectivity index (χ0v) is 10.3. The average Bonchev–Trinajstić information content (AvgIpc) is 2.26. The summed E-state index contributed by atoms with van der Waals surface area (Å²) in [6.45, 7) is 1.67. The molecule has 0 aromatic rings. The molecule has 0 saturated heterocycles. The second-order valence-electron chi connectivity index (χ2n) is 4.36. The Morgan fingerprint density at radius 2 is 1.76 bits per heavy atom. The standard InChI is InChI=1S/C12H17NO4/c1-4-8(14)11-9(15)5-7(6-10(11)16)12(17)13(2)3/h7,14H,4-6H2,1-3H3. The summed E-state index contributed by atoms with van der Waals surface area (Å²) in [7, 11) is 3.18. The molecule has 0 radical (unpaired) electrons. The van der Waals surface area contributed by atoms with Gasteiger partial charge in [-0.05, 0) is 0 Å². The quantitative estimate of drug-likeness (QED) is 0.440. The highest BCUT2D eigenvalue weighted by Gasteiger charge is 2.36. The molecule has 5 nitrogen and oxygen atoms in total. The molecule has 1 aliphatic carbocycles. The molecule has 17 heavy (non-hydrogen) atoms. The van der Waals surface area contributed by atoms with Gasteiger partial charge in [-0.1, -0.05) is 6.92 Å². The normalized spacial score (nSPS) is 20.4. The first-order valence-electron chi connectivity index (χ1n) is 5.58. The second kappa shape index (κ2) is 5.12. The van der Waals surface area contributed by atoms with Gasteiger partial charge in [0, 0.05) is 33.4 Å². The van der Waals surface area contributed by atoms with Crippen molar-refractivity contribution in [3.63, 3.8) is 0 Å². The summed E-state index contributed by atoms with van der Waals surface area (Å²) in [5, 5.41) is 9.50. The Hall–Kier alpha value is -1.65. The first-order valence-corrected chi connectivity index (χ1v) is 5.58. The SMILES string of the molecule is CCC(O)=C1C(=O)CC(C(=O)N(C)C)CC1=O. The molecule has 1 amide bonds. The van der Waals surface area contributed by atoms with Gasteiger partial charge in [-0.15, -0.1) is 0 Å². The van der Waals surface area contributed by atoms with Gasteiger partial charge in [0.2, 0.25) is 5.91 Å². The molecule has 0 unspecified atom stereocenters. The number of ketones is 2. The number of carbonyl (C=O) groups excluding carboxylic acids is 3. The summed E-state index contributed by atoms with van der Waals surface area (Å²) in [5.74, 6) is -1.84. The number of rotatable bonds is 2. The predicted molar refractivity (Wildman–Crippen MR) is 61.4 cm³/mol. The van der Waals surface area contributed by atoms with E-state index in [2.05, 4.69) is 0 Å². The molecule has 94 valence electrons. The zero-order valence-electron chi connectivity index (χ0n) is 10.3. The summed E-state index contributed by atoms with van der Waals surface area (Å²) < 4.78 is 0. The summed E-state index contributed by atoms with van der Waals surface area (Å²) in [4.78, 5) is 36.5. The van der Waals surface area contributed by atoms with Crippen LogP contribution in [0, 0.1) is 5.92 Å². The van der Waals surface area contributed by atoms with E-state index in [9.17, 15) is 19.5 Å². The third kappa shape index (κ3) is 2.72. The van der Waals surface area contributed by atoms with Crippen molar-refractivity contribution in [3.05, 3.63) is 11.3 Å². The highest BCUT2D eigenvalue weighted by atomic mass is 16.3.